The van der Waals surface area contributed by atoms with Gasteiger partial charge < -0.3 is 4.74 Å². The van der Waals surface area contributed by atoms with E-state index in [1.54, 1.807) is 0 Å². The van der Waals surface area contributed by atoms with Crippen LogP contribution in [0, 0.1) is 5.92 Å². The summed E-state index contributed by atoms with van der Waals surface area (Å²) in [6, 6.07) is 0. The molecule has 0 heterocycles. The van der Waals surface area contributed by atoms with Crippen LogP contribution >= 0.6 is 10.7 Å². The summed E-state index contributed by atoms with van der Waals surface area (Å²) in [6.07, 6.45) is -1.48. The Hall–Kier alpha value is 0.0600. The second-order valence-corrected chi connectivity index (χ2v) is 6.29. The SMILES string of the molecule is CC(CCOCC(F)F)CCS(=O)(=O)Cl. The molecule has 15 heavy (non-hydrogen) atoms. The second-order valence-electron chi connectivity index (χ2n) is 3.39. The molecular formula is C8H15ClF2O3S. The van der Waals surface area contributed by atoms with Crippen LogP contribution in [0.25, 0.3) is 0 Å². The Morgan fingerprint density at radius 1 is 1.33 bits per heavy atom. The maximum absolute atomic E-state index is 11.6. The van der Waals surface area contributed by atoms with Crippen LogP contribution in [0.2, 0.25) is 0 Å². The summed E-state index contributed by atoms with van der Waals surface area (Å²) in [7, 11) is 1.57. The van der Waals surface area contributed by atoms with Crippen LogP contribution < -0.4 is 0 Å². The number of ether oxygens (including phenoxy) is 1. The molecule has 1 atom stereocenters. The van der Waals surface area contributed by atoms with Crippen LogP contribution in [0.1, 0.15) is 19.8 Å². The van der Waals surface area contributed by atoms with Crippen molar-refractivity contribution in [3.05, 3.63) is 0 Å². The zero-order chi connectivity index (χ0) is 11.9. The number of hydrogen-bond acceptors (Lipinski definition) is 3. The zero-order valence-electron chi connectivity index (χ0n) is 8.46. The minimum absolute atomic E-state index is 0.0927. The lowest BCUT2D eigenvalue weighted by molar-refractivity contribution is 0.0134. The van der Waals surface area contributed by atoms with E-state index < -0.39 is 22.1 Å². The summed E-state index contributed by atoms with van der Waals surface area (Å²) in [4.78, 5) is 0. The van der Waals surface area contributed by atoms with E-state index in [0.29, 0.717) is 12.8 Å². The minimum Gasteiger partial charge on any atom is -0.376 e. The van der Waals surface area contributed by atoms with Gasteiger partial charge in [-0.2, -0.15) is 0 Å². The summed E-state index contributed by atoms with van der Waals surface area (Å²) in [5.41, 5.74) is 0. The molecule has 0 fully saturated rings. The number of alkyl halides is 2. The highest BCUT2D eigenvalue weighted by Crippen LogP contribution is 2.11. The fraction of sp³-hybridized carbons (Fsp3) is 1.00. The van der Waals surface area contributed by atoms with Gasteiger partial charge in [0.15, 0.2) is 0 Å². The topological polar surface area (TPSA) is 43.4 Å². The van der Waals surface area contributed by atoms with Crippen molar-refractivity contribution < 1.29 is 21.9 Å². The van der Waals surface area contributed by atoms with Gasteiger partial charge in [0, 0.05) is 17.3 Å². The number of rotatable bonds is 8. The fourth-order valence-electron chi connectivity index (χ4n) is 0.943. The highest BCUT2D eigenvalue weighted by molar-refractivity contribution is 8.13. The zero-order valence-corrected chi connectivity index (χ0v) is 10.0. The van der Waals surface area contributed by atoms with Gasteiger partial charge in [-0.1, -0.05) is 6.92 Å². The van der Waals surface area contributed by atoms with Crippen LogP contribution in [-0.4, -0.2) is 33.8 Å². The molecule has 0 N–H and O–H groups in total. The van der Waals surface area contributed by atoms with Gasteiger partial charge in [-0.15, -0.1) is 0 Å². The molecule has 0 aromatic carbocycles. The smallest absolute Gasteiger partial charge is 0.261 e. The molecule has 0 aliphatic heterocycles. The Balaban J connectivity index is 3.46. The molecular weight excluding hydrogens is 250 g/mol. The average Bonchev–Trinajstić information content (AvgIpc) is 2.07. The van der Waals surface area contributed by atoms with E-state index in [1.165, 1.54) is 0 Å². The molecule has 0 radical (unpaired) electrons. The van der Waals surface area contributed by atoms with Crippen LogP contribution in [0.5, 0.6) is 0 Å². The summed E-state index contributed by atoms with van der Waals surface area (Å²) in [5.74, 6) is 0.00101. The molecule has 0 amide bonds. The van der Waals surface area contributed by atoms with E-state index in [1.807, 2.05) is 6.92 Å². The molecule has 0 saturated carbocycles. The second kappa shape index (κ2) is 7.35. The quantitative estimate of drug-likeness (QED) is 0.499. The Morgan fingerprint density at radius 2 is 1.93 bits per heavy atom. The third kappa shape index (κ3) is 12.0. The summed E-state index contributed by atoms with van der Waals surface area (Å²) < 4.78 is 49.1. The molecule has 7 heteroatoms. The van der Waals surface area contributed by atoms with Crippen molar-refractivity contribution in [2.75, 3.05) is 19.0 Å². The van der Waals surface area contributed by atoms with Crippen molar-refractivity contribution in [3.8, 4) is 0 Å². The van der Waals surface area contributed by atoms with Crippen molar-refractivity contribution in [2.45, 2.75) is 26.2 Å². The van der Waals surface area contributed by atoms with E-state index in [4.69, 9.17) is 10.7 Å². The van der Waals surface area contributed by atoms with Gasteiger partial charge >= 0.3 is 0 Å². The highest BCUT2D eigenvalue weighted by atomic mass is 35.7. The first-order chi connectivity index (χ1) is 6.81. The van der Waals surface area contributed by atoms with Crippen molar-refractivity contribution in [2.24, 2.45) is 5.92 Å². The van der Waals surface area contributed by atoms with Crippen molar-refractivity contribution in [1.82, 2.24) is 0 Å². The molecule has 92 valence electrons. The average molecular weight is 265 g/mol. The summed E-state index contributed by atoms with van der Waals surface area (Å²) in [5, 5.41) is 0. The summed E-state index contributed by atoms with van der Waals surface area (Å²) in [6.45, 7) is 1.47. The van der Waals surface area contributed by atoms with Gasteiger partial charge in [-0.25, -0.2) is 17.2 Å². The van der Waals surface area contributed by atoms with Crippen molar-refractivity contribution >= 4 is 19.7 Å². The van der Waals surface area contributed by atoms with Crippen LogP contribution in [-0.2, 0) is 13.8 Å². The standard InChI is InChI=1S/C8H15ClF2O3S/c1-7(3-5-15(9,12)13)2-4-14-6-8(10)11/h7-8H,2-6H2,1H3. The van der Waals surface area contributed by atoms with E-state index in [-0.39, 0.29) is 18.3 Å². The van der Waals surface area contributed by atoms with Crippen LogP contribution in [0.4, 0.5) is 8.78 Å². The maximum Gasteiger partial charge on any atom is 0.261 e. The predicted molar refractivity (Wildman–Crippen MR) is 54.9 cm³/mol. The first kappa shape index (κ1) is 15.1. The molecule has 0 aliphatic carbocycles. The lowest BCUT2D eigenvalue weighted by atomic mass is 10.1. The van der Waals surface area contributed by atoms with Gasteiger partial charge in [0.2, 0.25) is 9.05 Å². The molecule has 0 bridgehead atoms. The predicted octanol–water partition coefficient (Wildman–Crippen LogP) is 2.25. The molecule has 0 saturated heterocycles. The molecule has 1 unspecified atom stereocenters. The third-order valence-corrected chi connectivity index (χ3v) is 3.04. The molecule has 0 rings (SSSR count). The third-order valence-electron chi connectivity index (χ3n) is 1.85. The van der Waals surface area contributed by atoms with Crippen LogP contribution in [0.3, 0.4) is 0 Å². The van der Waals surface area contributed by atoms with E-state index >= 15 is 0 Å². The molecule has 0 aromatic rings. The van der Waals surface area contributed by atoms with Crippen molar-refractivity contribution in [1.29, 1.82) is 0 Å². The van der Waals surface area contributed by atoms with Gasteiger partial charge in [0.25, 0.3) is 6.43 Å². The number of hydrogen-bond donors (Lipinski definition) is 0. The Kier molecular flexibility index (Phi) is 7.38. The molecule has 0 aromatic heterocycles. The van der Waals surface area contributed by atoms with E-state index in [0.717, 1.165) is 0 Å². The van der Waals surface area contributed by atoms with E-state index in [9.17, 15) is 17.2 Å². The molecule has 0 aliphatic rings. The first-order valence-electron chi connectivity index (χ1n) is 4.59. The van der Waals surface area contributed by atoms with Gasteiger partial charge in [0.1, 0.15) is 6.61 Å². The molecule has 3 nitrogen and oxygen atoms in total. The van der Waals surface area contributed by atoms with Gasteiger partial charge in [-0.3, -0.25) is 0 Å². The highest BCUT2D eigenvalue weighted by Gasteiger charge is 2.10. The molecule has 0 spiro atoms. The monoisotopic (exact) mass is 264 g/mol. The van der Waals surface area contributed by atoms with E-state index in [2.05, 4.69) is 4.74 Å². The Bertz CT molecular complexity index is 257. The largest absolute Gasteiger partial charge is 0.376 e. The van der Waals surface area contributed by atoms with Gasteiger partial charge in [-0.05, 0) is 18.8 Å². The number of halogens is 3. The fourth-order valence-corrected chi connectivity index (χ4v) is 1.89. The van der Waals surface area contributed by atoms with Crippen LogP contribution in [0.15, 0.2) is 0 Å². The lowest BCUT2D eigenvalue weighted by Gasteiger charge is -2.10. The van der Waals surface area contributed by atoms with Gasteiger partial charge in [0.05, 0.1) is 5.75 Å². The first-order valence-corrected chi connectivity index (χ1v) is 7.07. The summed E-state index contributed by atoms with van der Waals surface area (Å²) >= 11 is 0. The lowest BCUT2D eigenvalue weighted by Crippen LogP contribution is -2.10. The minimum atomic E-state index is -3.45. The maximum atomic E-state index is 11.6. The Labute approximate surface area is 93.2 Å². The Morgan fingerprint density at radius 3 is 2.40 bits per heavy atom. The van der Waals surface area contributed by atoms with Crippen molar-refractivity contribution in [3.63, 3.8) is 0 Å². The normalized spacial score (nSPS) is 14.5.